The molecule has 0 unspecified atom stereocenters. The fourth-order valence-corrected chi connectivity index (χ4v) is 4.65. The molecule has 36 heavy (non-hydrogen) atoms. The van der Waals surface area contributed by atoms with Gasteiger partial charge in [-0.1, -0.05) is 12.1 Å². The lowest BCUT2D eigenvalue weighted by Crippen LogP contribution is -2.47. The Morgan fingerprint density at radius 2 is 1.86 bits per heavy atom. The molecular formula is C26H24F2N6O2. The van der Waals surface area contributed by atoms with Crippen molar-refractivity contribution in [1.82, 2.24) is 19.5 Å². The Morgan fingerprint density at radius 1 is 1.00 bits per heavy atom. The maximum Gasteiger partial charge on any atom is 0.222 e. The minimum atomic E-state index is -0.566. The van der Waals surface area contributed by atoms with Gasteiger partial charge in [0.2, 0.25) is 5.95 Å². The zero-order chi connectivity index (χ0) is 24.6. The van der Waals surface area contributed by atoms with Crippen molar-refractivity contribution in [1.29, 1.82) is 0 Å². The van der Waals surface area contributed by atoms with Crippen molar-refractivity contribution in [3.05, 3.63) is 72.5 Å². The van der Waals surface area contributed by atoms with Crippen molar-refractivity contribution >= 4 is 28.1 Å². The second-order valence-electron chi connectivity index (χ2n) is 8.70. The van der Waals surface area contributed by atoms with Gasteiger partial charge < -0.3 is 19.8 Å². The predicted molar refractivity (Wildman–Crippen MR) is 133 cm³/mol. The third-order valence-corrected chi connectivity index (χ3v) is 6.49. The molecule has 4 heterocycles. The van der Waals surface area contributed by atoms with Crippen LogP contribution in [0.5, 0.6) is 5.75 Å². The van der Waals surface area contributed by atoms with E-state index in [1.54, 1.807) is 10.8 Å². The van der Waals surface area contributed by atoms with Crippen LogP contribution in [0, 0.1) is 11.6 Å². The monoisotopic (exact) mass is 490 g/mol. The van der Waals surface area contributed by atoms with Gasteiger partial charge in [0.25, 0.3) is 0 Å². The van der Waals surface area contributed by atoms with Gasteiger partial charge in [0.05, 0.1) is 17.5 Å². The molecular weight excluding hydrogens is 466 g/mol. The highest BCUT2D eigenvalue weighted by molar-refractivity contribution is 5.98. The SMILES string of the molecule is Nc1nc2c(OCCN3CCN(c4ccc(F)cc4F)CC3)cccc2c2cc(-c3ccco3)nn12. The molecule has 0 amide bonds. The largest absolute Gasteiger partial charge is 0.490 e. The van der Waals surface area contributed by atoms with E-state index in [-0.39, 0.29) is 5.95 Å². The maximum atomic E-state index is 14.1. The summed E-state index contributed by atoms with van der Waals surface area (Å²) in [5.74, 6) is 0.465. The molecule has 5 aromatic rings. The van der Waals surface area contributed by atoms with Crippen LogP contribution in [0.1, 0.15) is 0 Å². The first-order valence-corrected chi connectivity index (χ1v) is 11.7. The summed E-state index contributed by atoms with van der Waals surface area (Å²) in [7, 11) is 0. The quantitative estimate of drug-likeness (QED) is 0.382. The van der Waals surface area contributed by atoms with Crippen molar-refractivity contribution in [2.75, 3.05) is 50.0 Å². The first-order valence-electron chi connectivity index (χ1n) is 11.7. The molecule has 8 nitrogen and oxygen atoms in total. The molecule has 0 aliphatic carbocycles. The highest BCUT2D eigenvalue weighted by Gasteiger charge is 2.20. The zero-order valence-electron chi connectivity index (χ0n) is 19.4. The molecule has 3 aromatic heterocycles. The maximum absolute atomic E-state index is 14.1. The number of hydrogen-bond donors (Lipinski definition) is 1. The summed E-state index contributed by atoms with van der Waals surface area (Å²) < 4.78 is 40.5. The summed E-state index contributed by atoms with van der Waals surface area (Å²) in [4.78, 5) is 8.76. The average Bonchev–Trinajstić information content (AvgIpc) is 3.56. The van der Waals surface area contributed by atoms with Gasteiger partial charge in [0, 0.05) is 44.2 Å². The highest BCUT2D eigenvalue weighted by atomic mass is 19.1. The first-order chi connectivity index (χ1) is 17.6. The van der Waals surface area contributed by atoms with E-state index in [0.717, 1.165) is 30.1 Å². The number of fused-ring (bicyclic) bond motifs is 3. The summed E-state index contributed by atoms with van der Waals surface area (Å²) >= 11 is 0. The first kappa shape index (κ1) is 22.3. The van der Waals surface area contributed by atoms with Crippen molar-refractivity contribution in [3.63, 3.8) is 0 Å². The number of benzene rings is 2. The number of aromatic nitrogens is 3. The van der Waals surface area contributed by atoms with E-state index in [4.69, 9.17) is 14.9 Å². The standard InChI is InChI=1S/C26H24F2N6O2/c27-17-6-7-21(19(28)15-17)33-10-8-32(9-11-33)12-14-36-24-4-1-3-18-22-16-20(23-5-2-13-35-23)31-34(22)26(29)30-25(18)24/h1-7,13,15-16H,8-12,14H2,(H2,29,30). The number of hydrogen-bond acceptors (Lipinski definition) is 7. The van der Waals surface area contributed by atoms with E-state index in [1.165, 1.54) is 12.1 Å². The number of nitrogen functional groups attached to an aromatic ring is 1. The fraction of sp³-hybridized carbons (Fsp3) is 0.231. The molecule has 0 spiro atoms. The molecule has 0 bridgehead atoms. The van der Waals surface area contributed by atoms with E-state index in [1.807, 2.05) is 41.3 Å². The number of para-hydroxylation sites is 1. The Hall–Kier alpha value is -4.18. The molecule has 1 aliphatic rings. The van der Waals surface area contributed by atoms with E-state index in [2.05, 4.69) is 15.0 Å². The lowest BCUT2D eigenvalue weighted by atomic mass is 10.2. The summed E-state index contributed by atoms with van der Waals surface area (Å²) in [5, 5.41) is 5.41. The fourth-order valence-electron chi connectivity index (χ4n) is 4.65. The van der Waals surface area contributed by atoms with Crippen LogP contribution >= 0.6 is 0 Å². The predicted octanol–water partition coefficient (Wildman–Crippen LogP) is 4.20. The number of furan rings is 1. The van der Waals surface area contributed by atoms with Crippen molar-refractivity contribution < 1.29 is 17.9 Å². The Balaban J connectivity index is 1.14. The Bertz CT molecular complexity index is 1530. The van der Waals surface area contributed by atoms with Crippen LogP contribution in [0.25, 0.3) is 27.9 Å². The van der Waals surface area contributed by atoms with Crippen LogP contribution in [0.2, 0.25) is 0 Å². The summed E-state index contributed by atoms with van der Waals surface area (Å²) in [6.07, 6.45) is 1.60. The Labute approximate surface area is 205 Å². The number of rotatable bonds is 6. The molecule has 1 fully saturated rings. The van der Waals surface area contributed by atoms with E-state index < -0.39 is 11.6 Å². The van der Waals surface area contributed by atoms with Crippen LogP contribution < -0.4 is 15.4 Å². The Kier molecular flexibility index (Phi) is 5.65. The van der Waals surface area contributed by atoms with Crippen molar-refractivity contribution in [2.45, 2.75) is 0 Å². The lowest BCUT2D eigenvalue weighted by Gasteiger charge is -2.36. The third kappa shape index (κ3) is 4.09. The second kappa shape index (κ2) is 9.12. The summed E-state index contributed by atoms with van der Waals surface area (Å²) in [6, 6.07) is 15.1. The molecule has 6 rings (SSSR count). The van der Waals surface area contributed by atoms with Gasteiger partial charge >= 0.3 is 0 Å². The van der Waals surface area contributed by atoms with Crippen LogP contribution in [0.4, 0.5) is 20.4 Å². The number of nitrogens with two attached hydrogens (primary N) is 1. The van der Waals surface area contributed by atoms with Gasteiger partial charge in [0.1, 0.15) is 35.2 Å². The number of ether oxygens (including phenoxy) is 1. The Morgan fingerprint density at radius 3 is 2.64 bits per heavy atom. The average molecular weight is 491 g/mol. The molecule has 2 aromatic carbocycles. The van der Waals surface area contributed by atoms with Gasteiger partial charge in [-0.3, -0.25) is 4.90 Å². The molecule has 1 aliphatic heterocycles. The van der Waals surface area contributed by atoms with Crippen LogP contribution in [0.15, 0.2) is 65.3 Å². The lowest BCUT2D eigenvalue weighted by molar-refractivity contribution is 0.201. The smallest absolute Gasteiger partial charge is 0.222 e. The van der Waals surface area contributed by atoms with E-state index in [9.17, 15) is 8.78 Å². The van der Waals surface area contributed by atoms with Gasteiger partial charge in [-0.15, -0.1) is 0 Å². The van der Waals surface area contributed by atoms with Crippen LogP contribution in [-0.2, 0) is 0 Å². The number of nitrogens with zero attached hydrogens (tertiary/aromatic N) is 5. The third-order valence-electron chi connectivity index (χ3n) is 6.49. The van der Waals surface area contributed by atoms with E-state index >= 15 is 0 Å². The number of halogens is 2. The van der Waals surface area contributed by atoms with Gasteiger partial charge in [-0.2, -0.15) is 9.61 Å². The minimum Gasteiger partial charge on any atom is -0.490 e. The van der Waals surface area contributed by atoms with Gasteiger partial charge in [0.15, 0.2) is 5.76 Å². The van der Waals surface area contributed by atoms with Crippen LogP contribution in [0.3, 0.4) is 0 Å². The minimum absolute atomic E-state index is 0.260. The van der Waals surface area contributed by atoms with Gasteiger partial charge in [-0.05, 0) is 36.4 Å². The molecule has 2 N–H and O–H groups in total. The molecule has 0 radical (unpaired) electrons. The van der Waals surface area contributed by atoms with E-state index in [0.29, 0.717) is 54.6 Å². The summed E-state index contributed by atoms with van der Waals surface area (Å²) in [6.45, 7) is 4.01. The zero-order valence-corrected chi connectivity index (χ0v) is 19.4. The second-order valence-corrected chi connectivity index (χ2v) is 8.70. The number of anilines is 2. The number of piperazine rings is 1. The summed E-state index contributed by atoms with van der Waals surface area (Å²) in [5.41, 5.74) is 8.83. The molecule has 184 valence electrons. The van der Waals surface area contributed by atoms with Crippen LogP contribution in [-0.4, -0.2) is 58.8 Å². The molecule has 1 saturated heterocycles. The molecule has 0 saturated carbocycles. The highest BCUT2D eigenvalue weighted by Crippen LogP contribution is 2.31. The topological polar surface area (TPSA) is 85.1 Å². The molecule has 10 heteroatoms. The van der Waals surface area contributed by atoms with Crippen molar-refractivity contribution in [2.24, 2.45) is 0 Å². The normalized spacial score (nSPS) is 14.7. The molecule has 0 atom stereocenters. The van der Waals surface area contributed by atoms with Gasteiger partial charge in [-0.25, -0.2) is 13.8 Å². The van der Waals surface area contributed by atoms with Crippen molar-refractivity contribution in [3.8, 4) is 17.2 Å².